The molecule has 2 fully saturated rings. The number of carbonyl (C=O) groups is 2. The molecule has 3 aromatic carbocycles. The molecule has 1 unspecified atom stereocenters. The molecule has 9 heteroatoms. The van der Waals surface area contributed by atoms with Gasteiger partial charge in [-0.05, 0) is 73.3 Å². The van der Waals surface area contributed by atoms with Gasteiger partial charge >= 0.3 is 0 Å². The Morgan fingerprint density at radius 1 is 0.886 bits per heavy atom. The minimum atomic E-state index is -0.585. The van der Waals surface area contributed by atoms with E-state index in [1.807, 2.05) is 90.1 Å². The Morgan fingerprint density at radius 2 is 1.61 bits per heavy atom. The topological polar surface area (TPSA) is 103 Å². The largest absolute Gasteiger partial charge is 0.351 e. The van der Waals surface area contributed by atoms with Gasteiger partial charge in [0.25, 0.3) is 5.91 Å². The van der Waals surface area contributed by atoms with Crippen molar-refractivity contribution in [1.82, 2.24) is 19.8 Å². The lowest BCUT2D eigenvalue weighted by atomic mass is 9.90. The van der Waals surface area contributed by atoms with Crippen molar-refractivity contribution in [3.8, 4) is 11.1 Å². The summed E-state index contributed by atoms with van der Waals surface area (Å²) in [5, 5.41) is 6.45. The number of fused-ring (bicyclic) bond motifs is 1. The molecular weight excluding hydrogens is 550 g/mol. The number of benzene rings is 3. The van der Waals surface area contributed by atoms with Crippen LogP contribution in [0.5, 0.6) is 0 Å². The summed E-state index contributed by atoms with van der Waals surface area (Å²) < 4.78 is 0. The van der Waals surface area contributed by atoms with E-state index in [1.54, 1.807) is 0 Å². The summed E-state index contributed by atoms with van der Waals surface area (Å²) in [4.78, 5) is 44.7. The van der Waals surface area contributed by atoms with Crippen molar-refractivity contribution in [2.75, 3.05) is 43.9 Å². The van der Waals surface area contributed by atoms with E-state index < -0.39 is 5.92 Å². The number of likely N-dealkylation sites (N-methyl/N-ethyl adjacent to an activating group) is 1. The van der Waals surface area contributed by atoms with E-state index in [1.165, 1.54) is 6.42 Å². The summed E-state index contributed by atoms with van der Waals surface area (Å²) in [5.41, 5.74) is 6.28. The number of carbonyl (C=O) groups excluding carboxylic acids is 2. The molecule has 3 aliphatic rings. The van der Waals surface area contributed by atoms with Crippen molar-refractivity contribution < 1.29 is 9.59 Å². The number of piperazine rings is 1. The van der Waals surface area contributed by atoms with Crippen molar-refractivity contribution in [3.05, 3.63) is 102 Å². The summed E-state index contributed by atoms with van der Waals surface area (Å²) in [5.74, 6) is -0.0313. The van der Waals surface area contributed by atoms with Gasteiger partial charge in [-0.25, -0.2) is 9.97 Å². The number of hydrogen-bond donors (Lipinski definition) is 2. The molecule has 4 aromatic rings. The molecule has 1 saturated heterocycles. The van der Waals surface area contributed by atoms with Gasteiger partial charge in [0, 0.05) is 61.4 Å². The van der Waals surface area contributed by atoms with Crippen LogP contribution in [0.1, 0.15) is 46.7 Å². The standard InChI is InChI=1S/C35H35N7O2/c1-41-16-18-42(19-17-41)34(44)24-10-13-28(14-11-24)38-32(23-6-3-2-4-7-23)31-29-15-12-25(20-30(29)40-33(31)43)26-21-36-35(37-22-26)39-27-8-5-9-27/h2-4,6-7,10-15,20-22,27,31H,5,8-9,16-19H2,1H3,(H,40,43)(H,36,37,39). The molecule has 0 bridgehead atoms. The number of aromatic nitrogens is 2. The van der Waals surface area contributed by atoms with Crippen molar-refractivity contribution in [1.29, 1.82) is 0 Å². The Balaban J connectivity index is 1.16. The first kappa shape index (κ1) is 27.9. The average molecular weight is 586 g/mol. The van der Waals surface area contributed by atoms with E-state index in [4.69, 9.17) is 4.99 Å². The van der Waals surface area contributed by atoms with Crippen LogP contribution in [-0.2, 0) is 4.79 Å². The Hall–Kier alpha value is -4.89. The number of aliphatic imine (C=N–C) groups is 1. The van der Waals surface area contributed by atoms with Gasteiger partial charge in [-0.15, -0.1) is 0 Å². The molecule has 3 heterocycles. The second-order valence-corrected chi connectivity index (χ2v) is 11.8. The highest BCUT2D eigenvalue weighted by Crippen LogP contribution is 2.38. The highest BCUT2D eigenvalue weighted by atomic mass is 16.2. The first-order valence-electron chi connectivity index (χ1n) is 15.3. The molecular formula is C35H35N7O2. The zero-order valence-electron chi connectivity index (χ0n) is 24.7. The number of nitrogens with zero attached hydrogens (tertiary/aromatic N) is 5. The maximum atomic E-state index is 13.5. The molecule has 1 saturated carbocycles. The lowest BCUT2D eigenvalue weighted by Gasteiger charge is -2.32. The van der Waals surface area contributed by atoms with Crippen LogP contribution >= 0.6 is 0 Å². The number of amides is 2. The summed E-state index contributed by atoms with van der Waals surface area (Å²) in [6.07, 6.45) is 7.20. The van der Waals surface area contributed by atoms with Crippen LogP contribution in [0, 0.1) is 0 Å². The molecule has 222 valence electrons. The maximum absolute atomic E-state index is 13.5. The number of hydrogen-bond acceptors (Lipinski definition) is 7. The molecule has 9 nitrogen and oxygen atoms in total. The van der Waals surface area contributed by atoms with Crippen LogP contribution in [0.4, 0.5) is 17.3 Å². The lowest BCUT2D eigenvalue weighted by molar-refractivity contribution is -0.115. The second-order valence-electron chi connectivity index (χ2n) is 11.8. The van der Waals surface area contributed by atoms with Crippen molar-refractivity contribution in [2.24, 2.45) is 4.99 Å². The molecule has 1 aromatic heterocycles. The Kier molecular flexibility index (Phi) is 7.62. The van der Waals surface area contributed by atoms with Crippen LogP contribution in [0.15, 0.2) is 90.2 Å². The van der Waals surface area contributed by atoms with Crippen LogP contribution < -0.4 is 10.6 Å². The fourth-order valence-corrected chi connectivity index (χ4v) is 5.91. The Labute approximate surface area is 257 Å². The SMILES string of the molecule is CN1CCN(C(=O)c2ccc(N=C(c3ccccc3)C3C(=O)Nc4cc(-c5cnc(NC6CCC6)nc5)ccc43)cc2)CC1. The molecule has 7 rings (SSSR count). The normalized spacial score (nSPS) is 18.8. The van der Waals surface area contributed by atoms with Crippen molar-refractivity contribution in [3.63, 3.8) is 0 Å². The summed E-state index contributed by atoms with van der Waals surface area (Å²) in [7, 11) is 2.07. The summed E-state index contributed by atoms with van der Waals surface area (Å²) in [6.45, 7) is 3.19. The predicted octanol–water partition coefficient (Wildman–Crippen LogP) is 5.35. The van der Waals surface area contributed by atoms with E-state index in [-0.39, 0.29) is 11.8 Å². The smallest absolute Gasteiger partial charge is 0.253 e. The minimum Gasteiger partial charge on any atom is -0.351 e. The van der Waals surface area contributed by atoms with Gasteiger partial charge in [0.1, 0.15) is 5.92 Å². The fourth-order valence-electron chi connectivity index (χ4n) is 5.91. The van der Waals surface area contributed by atoms with Gasteiger partial charge in [0.05, 0.1) is 11.4 Å². The molecule has 2 N–H and O–H groups in total. The third-order valence-electron chi connectivity index (χ3n) is 8.81. The van der Waals surface area contributed by atoms with E-state index in [0.717, 1.165) is 67.0 Å². The van der Waals surface area contributed by atoms with Gasteiger partial charge < -0.3 is 20.4 Å². The highest BCUT2D eigenvalue weighted by molar-refractivity contribution is 6.24. The molecule has 0 spiro atoms. The molecule has 1 atom stereocenters. The zero-order valence-corrected chi connectivity index (χ0v) is 24.7. The number of anilines is 2. The molecule has 44 heavy (non-hydrogen) atoms. The third kappa shape index (κ3) is 5.70. The van der Waals surface area contributed by atoms with E-state index >= 15 is 0 Å². The monoisotopic (exact) mass is 585 g/mol. The van der Waals surface area contributed by atoms with E-state index in [2.05, 4.69) is 32.5 Å². The first-order chi connectivity index (χ1) is 21.5. The van der Waals surface area contributed by atoms with Crippen LogP contribution in [0.25, 0.3) is 11.1 Å². The van der Waals surface area contributed by atoms with Crippen LogP contribution in [0.3, 0.4) is 0 Å². The third-order valence-corrected chi connectivity index (χ3v) is 8.81. The molecule has 2 aliphatic heterocycles. The van der Waals surface area contributed by atoms with Crippen molar-refractivity contribution in [2.45, 2.75) is 31.2 Å². The minimum absolute atomic E-state index is 0.0338. The van der Waals surface area contributed by atoms with Crippen molar-refractivity contribution >= 4 is 34.8 Å². The number of rotatable bonds is 7. The maximum Gasteiger partial charge on any atom is 0.253 e. The quantitative estimate of drug-likeness (QED) is 0.284. The van der Waals surface area contributed by atoms with Gasteiger partial charge in [-0.2, -0.15) is 0 Å². The first-order valence-corrected chi connectivity index (χ1v) is 15.3. The van der Waals surface area contributed by atoms with Crippen LogP contribution in [0.2, 0.25) is 0 Å². The predicted molar refractivity (Wildman–Crippen MR) is 173 cm³/mol. The Bertz CT molecular complexity index is 1690. The van der Waals surface area contributed by atoms with Gasteiger partial charge in [-0.3, -0.25) is 14.6 Å². The lowest BCUT2D eigenvalue weighted by Crippen LogP contribution is -2.47. The summed E-state index contributed by atoms with van der Waals surface area (Å²) >= 11 is 0. The molecule has 0 radical (unpaired) electrons. The second kappa shape index (κ2) is 12.0. The molecule has 1 aliphatic carbocycles. The molecule has 2 amide bonds. The van der Waals surface area contributed by atoms with E-state index in [0.29, 0.717) is 29.0 Å². The van der Waals surface area contributed by atoms with Gasteiger partial charge in [0.15, 0.2) is 0 Å². The van der Waals surface area contributed by atoms with E-state index in [9.17, 15) is 9.59 Å². The van der Waals surface area contributed by atoms with Crippen LogP contribution in [-0.4, -0.2) is 76.6 Å². The Morgan fingerprint density at radius 3 is 2.30 bits per heavy atom. The van der Waals surface area contributed by atoms with Gasteiger partial charge in [0.2, 0.25) is 11.9 Å². The average Bonchev–Trinajstić information content (AvgIpc) is 3.37. The highest BCUT2D eigenvalue weighted by Gasteiger charge is 2.35. The van der Waals surface area contributed by atoms with Gasteiger partial charge in [-0.1, -0.05) is 42.5 Å². The number of nitrogens with one attached hydrogen (secondary N) is 2. The fraction of sp³-hybridized carbons (Fsp3) is 0.286. The summed E-state index contributed by atoms with van der Waals surface area (Å²) in [6, 6.07) is 23.6. The zero-order chi connectivity index (χ0) is 30.0.